The van der Waals surface area contributed by atoms with E-state index in [0.717, 1.165) is 25.2 Å². The number of fused-ring (bicyclic) bond motifs is 1. The van der Waals surface area contributed by atoms with Crippen LogP contribution in [0.2, 0.25) is 0 Å². The average Bonchev–Trinajstić information content (AvgIpc) is 3.19. The number of pyridine rings is 1. The summed E-state index contributed by atoms with van der Waals surface area (Å²) in [6.07, 6.45) is 6.05. The van der Waals surface area contributed by atoms with E-state index in [1.54, 1.807) is 4.52 Å². The number of hydrogen-bond donors (Lipinski definition) is 2. The molecule has 1 saturated heterocycles. The first-order valence-electron chi connectivity index (χ1n) is 10.7. The van der Waals surface area contributed by atoms with Gasteiger partial charge in [-0.3, -0.25) is 9.79 Å². The molecule has 2 aromatic heterocycles. The maximum Gasteiger partial charge on any atom is 0.247 e. The molecule has 9 nitrogen and oxygen atoms in total. The van der Waals surface area contributed by atoms with Gasteiger partial charge >= 0.3 is 0 Å². The number of Topliss-reactive ketones (excluding diaryl/α,β-unsaturated/α-hetero) is 1. The van der Waals surface area contributed by atoms with Crippen molar-refractivity contribution in [2.24, 2.45) is 16.1 Å². The Morgan fingerprint density at radius 1 is 1.30 bits per heavy atom. The van der Waals surface area contributed by atoms with Crippen molar-refractivity contribution in [2.75, 3.05) is 29.9 Å². The van der Waals surface area contributed by atoms with E-state index in [0.29, 0.717) is 23.7 Å². The molecule has 1 fully saturated rings. The van der Waals surface area contributed by atoms with Gasteiger partial charge in [0.05, 0.1) is 24.0 Å². The molecule has 0 atom stereocenters. The molecule has 0 radical (unpaired) electrons. The molecule has 0 amide bonds. The summed E-state index contributed by atoms with van der Waals surface area (Å²) in [5, 5.41) is 16.9. The molecule has 1 aliphatic rings. The Kier molecular flexibility index (Phi) is 6.36. The van der Waals surface area contributed by atoms with Crippen LogP contribution in [-0.2, 0) is 11.2 Å². The van der Waals surface area contributed by atoms with Gasteiger partial charge in [-0.05, 0) is 31.0 Å². The molecule has 0 saturated carbocycles. The van der Waals surface area contributed by atoms with Gasteiger partial charge in [-0.15, -0.1) is 5.10 Å². The number of nitriles is 1. The zero-order chi connectivity index (χ0) is 23.3. The van der Waals surface area contributed by atoms with Crippen LogP contribution in [0, 0.1) is 16.7 Å². The normalized spacial score (nSPS) is 15.4. The first-order valence-corrected chi connectivity index (χ1v) is 10.7. The second kappa shape index (κ2) is 9.53. The lowest BCUT2D eigenvalue weighted by atomic mass is 9.72. The Labute approximate surface area is 192 Å². The zero-order valence-electron chi connectivity index (χ0n) is 18.5. The third-order valence-corrected chi connectivity index (χ3v) is 5.59. The van der Waals surface area contributed by atoms with Gasteiger partial charge in [-0.2, -0.15) is 10.2 Å². The molecule has 168 valence electrons. The number of nitrogens with zero attached hydrogens (tertiary/aromatic N) is 6. The van der Waals surface area contributed by atoms with Crippen molar-refractivity contribution in [3.8, 4) is 6.07 Å². The first kappa shape index (κ1) is 22.0. The van der Waals surface area contributed by atoms with E-state index < -0.39 is 0 Å². The van der Waals surface area contributed by atoms with Gasteiger partial charge in [0.2, 0.25) is 5.95 Å². The maximum atomic E-state index is 11.1. The van der Waals surface area contributed by atoms with E-state index in [4.69, 9.17) is 5.73 Å². The second-order valence-electron chi connectivity index (χ2n) is 8.37. The van der Waals surface area contributed by atoms with Crippen LogP contribution in [0.25, 0.3) is 5.65 Å². The molecule has 1 aromatic carbocycles. The van der Waals surface area contributed by atoms with Crippen LogP contribution in [0.3, 0.4) is 0 Å². The molecule has 3 aromatic rings. The number of rotatable bonds is 9. The number of hydrogen-bond acceptors (Lipinski definition) is 8. The molecule has 3 N–H and O–H groups in total. The highest BCUT2D eigenvalue weighted by molar-refractivity contribution is 5.85. The summed E-state index contributed by atoms with van der Waals surface area (Å²) in [6.45, 7) is 3.11. The fourth-order valence-electron chi connectivity index (χ4n) is 4.13. The van der Waals surface area contributed by atoms with Crippen LogP contribution in [0.5, 0.6) is 0 Å². The molecule has 0 bridgehead atoms. The molecular weight excluding hydrogens is 416 g/mol. The second-order valence-corrected chi connectivity index (χ2v) is 8.37. The molecule has 0 aliphatic carbocycles. The quantitative estimate of drug-likeness (QED) is 0.488. The zero-order valence-corrected chi connectivity index (χ0v) is 18.5. The monoisotopic (exact) mass is 442 g/mol. The van der Waals surface area contributed by atoms with Crippen molar-refractivity contribution < 1.29 is 4.79 Å². The standard InChI is InChI=1S/C24H26N8O/c1-18(33)14-27-15-20(13-26)28-23-29-22-21(8-5-11-32(22)30-23)31-16-24(17-31,9-10-25)12-19-6-3-2-4-7-19/h2-8,11,13,15H,9,12,14,16-17,26H2,1H3,(H,28,30). The van der Waals surface area contributed by atoms with E-state index in [1.807, 2.05) is 36.5 Å². The van der Waals surface area contributed by atoms with Crippen molar-refractivity contribution in [3.63, 3.8) is 0 Å². The molecule has 33 heavy (non-hydrogen) atoms. The van der Waals surface area contributed by atoms with Crippen LogP contribution < -0.4 is 16.0 Å². The number of allylic oxidation sites excluding steroid dienone is 1. The molecule has 0 spiro atoms. The summed E-state index contributed by atoms with van der Waals surface area (Å²) < 4.78 is 1.71. The number of aromatic nitrogens is 3. The van der Waals surface area contributed by atoms with Crippen LogP contribution >= 0.6 is 0 Å². The summed E-state index contributed by atoms with van der Waals surface area (Å²) in [5.41, 5.74) is 9.00. The van der Waals surface area contributed by atoms with E-state index in [2.05, 4.69) is 43.5 Å². The van der Waals surface area contributed by atoms with Crippen molar-refractivity contribution in [1.29, 1.82) is 5.26 Å². The van der Waals surface area contributed by atoms with Gasteiger partial charge in [-0.1, -0.05) is 30.3 Å². The van der Waals surface area contributed by atoms with Gasteiger partial charge < -0.3 is 16.0 Å². The third-order valence-electron chi connectivity index (χ3n) is 5.59. The number of benzene rings is 1. The van der Waals surface area contributed by atoms with Gasteiger partial charge in [0, 0.05) is 43.5 Å². The summed E-state index contributed by atoms with van der Waals surface area (Å²) in [6, 6.07) is 16.6. The smallest absolute Gasteiger partial charge is 0.247 e. The van der Waals surface area contributed by atoms with Crippen molar-refractivity contribution in [3.05, 3.63) is 66.1 Å². The van der Waals surface area contributed by atoms with Crippen LogP contribution in [0.4, 0.5) is 11.6 Å². The SMILES string of the molecule is CC(=O)CN=CC(=CN)Nc1nc2c(N3CC(CC#N)(Cc4ccccc4)C3)cccn2n1. The minimum Gasteiger partial charge on any atom is -0.403 e. The van der Waals surface area contributed by atoms with E-state index in [1.165, 1.54) is 24.9 Å². The number of carbonyl (C=O) groups excluding carboxylic acids is 1. The van der Waals surface area contributed by atoms with Crippen LogP contribution in [0.15, 0.2) is 65.6 Å². The van der Waals surface area contributed by atoms with E-state index >= 15 is 0 Å². The topological polar surface area (TPSA) is 125 Å². The summed E-state index contributed by atoms with van der Waals surface area (Å²) in [5.74, 6) is 0.342. The third kappa shape index (κ3) is 5.01. The fraction of sp³-hybridized carbons (Fsp3) is 0.292. The molecule has 4 rings (SSSR count). The molecule has 1 aliphatic heterocycles. The minimum atomic E-state index is -0.0767. The number of aliphatic imine (C=N–C) groups is 1. The van der Waals surface area contributed by atoms with Crippen LogP contribution in [0.1, 0.15) is 18.9 Å². The molecule has 0 unspecified atom stereocenters. The van der Waals surface area contributed by atoms with E-state index in [-0.39, 0.29) is 17.7 Å². The van der Waals surface area contributed by atoms with Gasteiger partial charge in [0.15, 0.2) is 11.4 Å². The lowest BCUT2D eigenvalue weighted by Crippen LogP contribution is -2.57. The van der Waals surface area contributed by atoms with Crippen molar-refractivity contribution >= 4 is 29.3 Å². The minimum absolute atomic E-state index is 0.0348. The number of anilines is 2. The number of nitrogens with two attached hydrogens (primary N) is 1. The molecule has 9 heteroatoms. The Balaban J connectivity index is 1.51. The Hall–Kier alpha value is -4.19. The van der Waals surface area contributed by atoms with Crippen molar-refractivity contribution in [2.45, 2.75) is 19.8 Å². The Morgan fingerprint density at radius 2 is 2.09 bits per heavy atom. The van der Waals surface area contributed by atoms with Gasteiger partial charge in [0.25, 0.3) is 0 Å². The van der Waals surface area contributed by atoms with Crippen LogP contribution in [-0.4, -0.2) is 46.2 Å². The highest BCUT2D eigenvalue weighted by Gasteiger charge is 2.43. The Bertz CT molecular complexity index is 1230. The lowest BCUT2D eigenvalue weighted by Gasteiger charge is -2.50. The largest absolute Gasteiger partial charge is 0.403 e. The first-order chi connectivity index (χ1) is 16.0. The molecular formula is C24H26N8O. The Morgan fingerprint density at radius 3 is 2.79 bits per heavy atom. The predicted molar refractivity (Wildman–Crippen MR) is 128 cm³/mol. The van der Waals surface area contributed by atoms with Crippen molar-refractivity contribution in [1.82, 2.24) is 14.6 Å². The highest BCUT2D eigenvalue weighted by Crippen LogP contribution is 2.41. The predicted octanol–water partition coefficient (Wildman–Crippen LogP) is 2.56. The number of nitrogens with one attached hydrogen (secondary N) is 1. The van der Waals surface area contributed by atoms with Gasteiger partial charge in [0.1, 0.15) is 0 Å². The summed E-state index contributed by atoms with van der Waals surface area (Å²) in [7, 11) is 0. The number of ketones is 1. The highest BCUT2D eigenvalue weighted by atomic mass is 16.1. The summed E-state index contributed by atoms with van der Waals surface area (Å²) >= 11 is 0. The molecule has 3 heterocycles. The lowest BCUT2D eigenvalue weighted by molar-refractivity contribution is -0.115. The van der Waals surface area contributed by atoms with Gasteiger partial charge in [-0.25, -0.2) is 4.52 Å². The number of carbonyl (C=O) groups is 1. The fourth-order valence-corrected chi connectivity index (χ4v) is 4.13. The summed E-state index contributed by atoms with van der Waals surface area (Å²) in [4.78, 5) is 22.0. The average molecular weight is 443 g/mol. The maximum absolute atomic E-state index is 11.1. The van der Waals surface area contributed by atoms with E-state index in [9.17, 15) is 10.1 Å².